The Balaban J connectivity index is 1.82. The monoisotopic (exact) mass is 529 g/mol. The average Bonchev–Trinajstić information content (AvgIpc) is 3.31. The van der Waals surface area contributed by atoms with Gasteiger partial charge in [0.25, 0.3) is 0 Å². The van der Waals surface area contributed by atoms with Crippen LogP contribution in [-0.4, -0.2) is 69.7 Å². The highest BCUT2D eigenvalue weighted by Crippen LogP contribution is 2.36. The minimum atomic E-state index is -3.81. The highest BCUT2D eigenvalue weighted by atomic mass is 32.2. The lowest BCUT2D eigenvalue weighted by Crippen LogP contribution is -2.24. The van der Waals surface area contributed by atoms with E-state index in [-0.39, 0.29) is 35.5 Å². The van der Waals surface area contributed by atoms with E-state index in [9.17, 15) is 12.8 Å². The first-order valence-electron chi connectivity index (χ1n) is 11.0. The second kappa shape index (κ2) is 10.8. The number of sulfone groups is 1. The van der Waals surface area contributed by atoms with Gasteiger partial charge >= 0.3 is 0 Å². The summed E-state index contributed by atoms with van der Waals surface area (Å²) in [6.45, 7) is 1.53. The molecule has 4 rings (SSSR count). The van der Waals surface area contributed by atoms with Crippen molar-refractivity contribution in [2.24, 2.45) is 0 Å². The van der Waals surface area contributed by atoms with Crippen LogP contribution in [0, 0.1) is 5.82 Å². The first kappa shape index (κ1) is 25.9. The Bertz CT molecular complexity index is 1470. The van der Waals surface area contributed by atoms with Crippen LogP contribution >= 0.6 is 0 Å². The molecule has 14 heteroatoms. The van der Waals surface area contributed by atoms with E-state index in [1.165, 1.54) is 45.2 Å². The van der Waals surface area contributed by atoms with Gasteiger partial charge in [-0.3, -0.25) is 9.55 Å². The van der Waals surface area contributed by atoms with Gasteiger partial charge in [0.05, 0.1) is 51.4 Å². The van der Waals surface area contributed by atoms with E-state index in [1.807, 2.05) is 0 Å². The average molecular weight is 530 g/mol. The van der Waals surface area contributed by atoms with Gasteiger partial charge in [-0.1, -0.05) is 6.07 Å². The van der Waals surface area contributed by atoms with Crippen molar-refractivity contribution >= 4 is 9.84 Å². The van der Waals surface area contributed by atoms with Crippen LogP contribution in [0.4, 0.5) is 4.39 Å². The van der Waals surface area contributed by atoms with Crippen molar-refractivity contribution in [3.05, 3.63) is 60.5 Å². The number of aromatic nitrogens is 7. The van der Waals surface area contributed by atoms with Crippen LogP contribution in [0.25, 0.3) is 17.2 Å². The van der Waals surface area contributed by atoms with Gasteiger partial charge in [-0.05, 0) is 19.1 Å². The lowest BCUT2D eigenvalue weighted by atomic mass is 10.2. The summed E-state index contributed by atoms with van der Waals surface area (Å²) in [6.07, 6.45) is 4.86. The van der Waals surface area contributed by atoms with Crippen LogP contribution in [-0.2, 0) is 22.0 Å². The fourth-order valence-electron chi connectivity index (χ4n) is 3.57. The molecule has 3 heterocycles. The number of methoxy groups -OCH3 is 3. The molecular weight excluding hydrogens is 505 g/mol. The molecule has 0 spiro atoms. The minimum absolute atomic E-state index is 0.0110. The predicted octanol–water partition coefficient (Wildman–Crippen LogP) is 2.23. The second-order valence-electron chi connectivity index (χ2n) is 7.87. The van der Waals surface area contributed by atoms with Crippen molar-refractivity contribution in [1.29, 1.82) is 0 Å². The highest BCUT2D eigenvalue weighted by Gasteiger charge is 2.29. The summed E-state index contributed by atoms with van der Waals surface area (Å²) in [5.74, 6) is 0.430. The van der Waals surface area contributed by atoms with E-state index in [0.29, 0.717) is 17.2 Å². The third-order valence-electron chi connectivity index (χ3n) is 5.49. The molecule has 0 N–H and O–H groups in total. The third-order valence-corrected chi connectivity index (χ3v) is 7.55. The first-order chi connectivity index (χ1) is 17.8. The number of hydrogen-bond donors (Lipinski definition) is 0. The molecule has 0 unspecified atom stereocenters. The second-order valence-corrected chi connectivity index (χ2v) is 10.3. The lowest BCUT2D eigenvalue weighted by Gasteiger charge is -2.18. The number of ether oxygens (including phenoxy) is 3. The Morgan fingerprint density at radius 3 is 2.27 bits per heavy atom. The van der Waals surface area contributed by atoms with Crippen LogP contribution in [0.5, 0.6) is 17.4 Å². The zero-order valence-electron chi connectivity index (χ0n) is 20.5. The fraction of sp³-hybridized carbons (Fsp3) is 0.304. The summed E-state index contributed by atoms with van der Waals surface area (Å²) in [4.78, 5) is 16.2. The van der Waals surface area contributed by atoms with E-state index < -0.39 is 26.7 Å². The van der Waals surface area contributed by atoms with Gasteiger partial charge in [-0.2, -0.15) is 0 Å². The van der Waals surface area contributed by atoms with Crippen LogP contribution in [0.2, 0.25) is 0 Å². The molecule has 0 amide bonds. The molecule has 37 heavy (non-hydrogen) atoms. The largest absolute Gasteiger partial charge is 0.494 e. The molecule has 0 fully saturated rings. The van der Waals surface area contributed by atoms with Crippen molar-refractivity contribution in [3.8, 4) is 34.6 Å². The lowest BCUT2D eigenvalue weighted by molar-refractivity contribution is 0.390. The van der Waals surface area contributed by atoms with E-state index in [0.717, 1.165) is 12.4 Å². The van der Waals surface area contributed by atoms with Crippen molar-refractivity contribution in [2.75, 3.05) is 21.3 Å². The zero-order valence-corrected chi connectivity index (χ0v) is 21.3. The molecule has 0 aliphatic carbocycles. The van der Waals surface area contributed by atoms with Gasteiger partial charge < -0.3 is 14.2 Å². The number of hydrogen-bond acceptors (Lipinski definition) is 11. The molecule has 4 aromatic rings. The van der Waals surface area contributed by atoms with Crippen molar-refractivity contribution in [2.45, 2.75) is 24.3 Å². The van der Waals surface area contributed by atoms with Crippen molar-refractivity contribution in [1.82, 2.24) is 34.7 Å². The molecule has 12 nitrogen and oxygen atoms in total. The van der Waals surface area contributed by atoms with Gasteiger partial charge in [0.15, 0.2) is 27.3 Å². The summed E-state index contributed by atoms with van der Waals surface area (Å²) in [5, 5.41) is 7.53. The van der Waals surface area contributed by atoms with Crippen molar-refractivity contribution < 1.29 is 27.0 Å². The van der Waals surface area contributed by atoms with E-state index in [4.69, 9.17) is 14.2 Å². The summed E-state index contributed by atoms with van der Waals surface area (Å²) in [7, 11) is 0.600. The summed E-state index contributed by atoms with van der Waals surface area (Å²) < 4.78 is 57.7. The molecule has 0 aliphatic rings. The molecule has 1 aromatic carbocycles. The standard InChI is InChI=1S/C23H24FN7O5S/c1-14(8-19-26-9-15(24)10-27-19)37(32,33)13-20-29-30-23(16-11-25-12-21(28-16)36-4)31(20)22-17(34-2)6-5-7-18(22)35-3/h5-7,9-12,14H,8,13H2,1-4H3/t14-/m0/s1. The maximum absolute atomic E-state index is 13.4. The van der Waals surface area contributed by atoms with Gasteiger partial charge in [-0.15, -0.1) is 10.2 Å². The Labute approximate surface area is 212 Å². The molecule has 0 aliphatic heterocycles. The molecule has 0 saturated carbocycles. The number of para-hydroxylation sites is 1. The van der Waals surface area contributed by atoms with Gasteiger partial charge in [0.2, 0.25) is 5.88 Å². The van der Waals surface area contributed by atoms with Crippen LogP contribution < -0.4 is 14.2 Å². The van der Waals surface area contributed by atoms with E-state index in [1.54, 1.807) is 18.2 Å². The smallest absolute Gasteiger partial charge is 0.232 e. The molecular formula is C23H24FN7O5S. The SMILES string of the molecule is COc1cncc(-c2nnc(CS(=O)(=O)[C@@H](C)Cc3ncc(F)cn3)n2-c2c(OC)cccc2OC)n1. The topological polar surface area (TPSA) is 144 Å². The number of nitrogens with zero attached hydrogens (tertiary/aromatic N) is 7. The van der Waals surface area contributed by atoms with Crippen LogP contribution in [0.15, 0.2) is 43.0 Å². The zero-order chi connectivity index (χ0) is 26.6. The van der Waals surface area contributed by atoms with E-state index in [2.05, 4.69) is 30.1 Å². The molecule has 0 bridgehead atoms. The fourth-order valence-corrected chi connectivity index (χ4v) is 4.80. The van der Waals surface area contributed by atoms with Crippen LogP contribution in [0.3, 0.4) is 0 Å². The summed E-state index contributed by atoms with van der Waals surface area (Å²) in [5.41, 5.74) is 0.674. The summed E-state index contributed by atoms with van der Waals surface area (Å²) in [6, 6.07) is 5.13. The normalized spacial score (nSPS) is 12.2. The molecule has 194 valence electrons. The van der Waals surface area contributed by atoms with E-state index >= 15 is 0 Å². The molecule has 0 radical (unpaired) electrons. The van der Waals surface area contributed by atoms with Gasteiger partial charge in [0.1, 0.15) is 34.5 Å². The number of benzene rings is 1. The Morgan fingerprint density at radius 2 is 1.65 bits per heavy atom. The highest BCUT2D eigenvalue weighted by molar-refractivity contribution is 7.91. The number of rotatable bonds is 10. The van der Waals surface area contributed by atoms with Gasteiger partial charge in [0, 0.05) is 6.42 Å². The Hall–Kier alpha value is -4.20. The number of halogens is 1. The van der Waals surface area contributed by atoms with Crippen LogP contribution in [0.1, 0.15) is 18.6 Å². The minimum Gasteiger partial charge on any atom is -0.494 e. The maximum atomic E-state index is 13.4. The Morgan fingerprint density at radius 1 is 0.973 bits per heavy atom. The van der Waals surface area contributed by atoms with Gasteiger partial charge in [-0.25, -0.2) is 27.8 Å². The quantitative estimate of drug-likeness (QED) is 0.298. The van der Waals surface area contributed by atoms with Crippen molar-refractivity contribution in [3.63, 3.8) is 0 Å². The maximum Gasteiger partial charge on any atom is 0.232 e. The molecule has 1 atom stereocenters. The molecule has 3 aromatic heterocycles. The molecule has 0 saturated heterocycles. The Kier molecular flexibility index (Phi) is 7.57. The predicted molar refractivity (Wildman–Crippen MR) is 130 cm³/mol. The summed E-state index contributed by atoms with van der Waals surface area (Å²) >= 11 is 0. The third kappa shape index (κ3) is 5.48. The first-order valence-corrected chi connectivity index (χ1v) is 12.7.